The van der Waals surface area contributed by atoms with Gasteiger partial charge >= 0.3 is 0 Å². The van der Waals surface area contributed by atoms with E-state index in [0.29, 0.717) is 18.2 Å². The first-order valence-electron chi connectivity index (χ1n) is 5.82. The van der Waals surface area contributed by atoms with Crippen molar-refractivity contribution in [2.45, 2.75) is 26.4 Å². The van der Waals surface area contributed by atoms with Gasteiger partial charge < -0.3 is 10.3 Å². The Morgan fingerprint density at radius 3 is 2.71 bits per heavy atom. The average Bonchev–Trinajstić information content (AvgIpc) is 2.80. The second-order valence-corrected chi connectivity index (χ2v) is 4.43. The molecule has 3 heteroatoms. The van der Waals surface area contributed by atoms with Crippen molar-refractivity contribution >= 4 is 0 Å². The second kappa shape index (κ2) is 5.15. The number of halogens is 1. The predicted molar refractivity (Wildman–Crippen MR) is 68.2 cm³/mol. The van der Waals surface area contributed by atoms with Crippen LogP contribution >= 0.6 is 0 Å². The lowest BCUT2D eigenvalue weighted by Crippen LogP contribution is -2.22. The van der Waals surface area contributed by atoms with Gasteiger partial charge in [0, 0.05) is 35.6 Å². The molecule has 2 nitrogen and oxygen atoms in total. The van der Waals surface area contributed by atoms with Crippen LogP contribution in [-0.2, 0) is 6.54 Å². The molecule has 90 valence electrons. The van der Waals surface area contributed by atoms with Crippen molar-refractivity contribution in [3.8, 4) is 11.3 Å². The molecular weight excluding hydrogens is 215 g/mol. The number of aromatic amines is 1. The van der Waals surface area contributed by atoms with E-state index >= 15 is 0 Å². The van der Waals surface area contributed by atoms with Crippen molar-refractivity contribution in [1.82, 2.24) is 10.3 Å². The highest BCUT2D eigenvalue weighted by atomic mass is 19.1. The van der Waals surface area contributed by atoms with E-state index in [0.717, 1.165) is 11.3 Å². The molecule has 0 saturated carbocycles. The quantitative estimate of drug-likeness (QED) is 0.831. The van der Waals surface area contributed by atoms with Gasteiger partial charge in [-0.1, -0.05) is 26.0 Å². The molecule has 0 aliphatic carbocycles. The maximum absolute atomic E-state index is 13.8. The Bertz CT molecular complexity index is 475. The molecule has 2 N–H and O–H groups in total. The topological polar surface area (TPSA) is 27.8 Å². The minimum atomic E-state index is -0.162. The molecule has 17 heavy (non-hydrogen) atoms. The van der Waals surface area contributed by atoms with E-state index in [4.69, 9.17) is 0 Å². The Kier molecular flexibility index (Phi) is 3.59. The zero-order chi connectivity index (χ0) is 12.3. The van der Waals surface area contributed by atoms with Crippen molar-refractivity contribution < 1.29 is 4.39 Å². The molecule has 0 radical (unpaired) electrons. The minimum absolute atomic E-state index is 0.162. The van der Waals surface area contributed by atoms with E-state index in [1.54, 1.807) is 6.07 Å². The largest absolute Gasteiger partial charge is 0.361 e. The number of rotatable bonds is 4. The maximum Gasteiger partial charge on any atom is 0.128 e. The standard InChI is InChI=1S/C14H17FN2/c1-10(2)17-9-12-6-5-11(8-13(12)15)14-4-3-7-16-14/h3-8,10,16-17H,9H2,1-2H3. The summed E-state index contributed by atoms with van der Waals surface area (Å²) in [6.45, 7) is 4.66. The monoisotopic (exact) mass is 232 g/mol. The highest BCUT2D eigenvalue weighted by Gasteiger charge is 2.05. The fourth-order valence-electron chi connectivity index (χ4n) is 1.68. The first-order chi connectivity index (χ1) is 8.16. The number of benzene rings is 1. The Hall–Kier alpha value is -1.61. The zero-order valence-corrected chi connectivity index (χ0v) is 10.1. The second-order valence-electron chi connectivity index (χ2n) is 4.43. The summed E-state index contributed by atoms with van der Waals surface area (Å²) in [5, 5.41) is 3.21. The Balaban J connectivity index is 2.17. The van der Waals surface area contributed by atoms with E-state index in [1.807, 2.05) is 44.3 Å². The van der Waals surface area contributed by atoms with Gasteiger partial charge in [-0.3, -0.25) is 0 Å². The number of hydrogen-bond acceptors (Lipinski definition) is 1. The molecule has 2 rings (SSSR count). The van der Waals surface area contributed by atoms with Gasteiger partial charge in [-0.25, -0.2) is 4.39 Å². The molecule has 0 bridgehead atoms. The summed E-state index contributed by atoms with van der Waals surface area (Å²) in [6.07, 6.45) is 1.83. The molecule has 0 atom stereocenters. The van der Waals surface area contributed by atoms with Gasteiger partial charge in [-0.05, 0) is 18.2 Å². The molecule has 2 aromatic rings. The van der Waals surface area contributed by atoms with Crippen molar-refractivity contribution in [2.24, 2.45) is 0 Å². The van der Waals surface area contributed by atoms with Gasteiger partial charge in [0.25, 0.3) is 0 Å². The van der Waals surface area contributed by atoms with E-state index < -0.39 is 0 Å². The molecule has 0 saturated heterocycles. The van der Waals surface area contributed by atoms with E-state index in [-0.39, 0.29) is 5.82 Å². The van der Waals surface area contributed by atoms with Gasteiger partial charge in [0.05, 0.1) is 0 Å². The fraction of sp³-hybridized carbons (Fsp3) is 0.286. The Labute approximate surface area is 101 Å². The van der Waals surface area contributed by atoms with Crippen molar-refractivity contribution in [1.29, 1.82) is 0 Å². The fourth-order valence-corrected chi connectivity index (χ4v) is 1.68. The predicted octanol–water partition coefficient (Wildman–Crippen LogP) is 3.32. The molecule has 1 aromatic carbocycles. The van der Waals surface area contributed by atoms with Crippen molar-refractivity contribution in [2.75, 3.05) is 0 Å². The van der Waals surface area contributed by atoms with Gasteiger partial charge in [-0.15, -0.1) is 0 Å². The van der Waals surface area contributed by atoms with Gasteiger partial charge in [0.1, 0.15) is 5.82 Å². The lowest BCUT2D eigenvalue weighted by Gasteiger charge is -2.09. The summed E-state index contributed by atoms with van der Waals surface area (Å²) in [7, 11) is 0. The highest BCUT2D eigenvalue weighted by molar-refractivity contribution is 5.59. The lowest BCUT2D eigenvalue weighted by molar-refractivity contribution is 0.553. The van der Waals surface area contributed by atoms with Crippen LogP contribution < -0.4 is 5.32 Å². The third-order valence-corrected chi connectivity index (χ3v) is 2.66. The molecule has 1 aromatic heterocycles. The van der Waals surface area contributed by atoms with Crippen LogP contribution in [0, 0.1) is 5.82 Å². The lowest BCUT2D eigenvalue weighted by atomic mass is 10.1. The van der Waals surface area contributed by atoms with Gasteiger partial charge in [-0.2, -0.15) is 0 Å². The summed E-state index contributed by atoms with van der Waals surface area (Å²) in [6, 6.07) is 9.54. The molecule has 0 spiro atoms. The molecule has 0 aliphatic heterocycles. The summed E-state index contributed by atoms with van der Waals surface area (Å²) >= 11 is 0. The average molecular weight is 232 g/mol. The summed E-state index contributed by atoms with van der Waals surface area (Å²) in [5.41, 5.74) is 2.52. The number of H-pyrrole nitrogens is 1. The SMILES string of the molecule is CC(C)NCc1ccc(-c2ccc[nH]2)cc1F. The number of hydrogen-bond donors (Lipinski definition) is 2. The smallest absolute Gasteiger partial charge is 0.128 e. The Morgan fingerprint density at radius 2 is 2.12 bits per heavy atom. The third kappa shape index (κ3) is 2.94. The zero-order valence-electron chi connectivity index (χ0n) is 10.1. The van der Waals surface area contributed by atoms with E-state index in [9.17, 15) is 4.39 Å². The normalized spacial score (nSPS) is 11.1. The molecule has 0 unspecified atom stereocenters. The molecule has 0 amide bonds. The summed E-state index contributed by atoms with van der Waals surface area (Å²) in [5.74, 6) is -0.162. The molecule has 0 fully saturated rings. The first-order valence-corrected chi connectivity index (χ1v) is 5.82. The van der Waals surface area contributed by atoms with Crippen molar-refractivity contribution in [3.05, 3.63) is 47.9 Å². The molecule has 0 aliphatic rings. The Morgan fingerprint density at radius 1 is 1.29 bits per heavy atom. The van der Waals surface area contributed by atoms with E-state index in [1.165, 1.54) is 0 Å². The van der Waals surface area contributed by atoms with Crippen LogP contribution in [0.15, 0.2) is 36.5 Å². The van der Waals surface area contributed by atoms with Crippen LogP contribution in [0.5, 0.6) is 0 Å². The van der Waals surface area contributed by atoms with Crippen LogP contribution in [-0.4, -0.2) is 11.0 Å². The summed E-state index contributed by atoms with van der Waals surface area (Å²) < 4.78 is 13.8. The number of aromatic nitrogens is 1. The van der Waals surface area contributed by atoms with Crippen LogP contribution in [0.3, 0.4) is 0 Å². The first kappa shape index (κ1) is 11.9. The molecular formula is C14H17FN2. The van der Waals surface area contributed by atoms with Gasteiger partial charge in [0.15, 0.2) is 0 Å². The minimum Gasteiger partial charge on any atom is -0.361 e. The van der Waals surface area contributed by atoms with Crippen LogP contribution in [0.2, 0.25) is 0 Å². The van der Waals surface area contributed by atoms with Gasteiger partial charge in [0.2, 0.25) is 0 Å². The highest BCUT2D eigenvalue weighted by Crippen LogP contribution is 2.20. The van der Waals surface area contributed by atoms with Crippen molar-refractivity contribution in [3.63, 3.8) is 0 Å². The van der Waals surface area contributed by atoms with Crippen LogP contribution in [0.25, 0.3) is 11.3 Å². The van der Waals surface area contributed by atoms with E-state index in [2.05, 4.69) is 10.3 Å². The van der Waals surface area contributed by atoms with Crippen LogP contribution in [0.4, 0.5) is 4.39 Å². The maximum atomic E-state index is 13.8. The molecule has 1 heterocycles. The van der Waals surface area contributed by atoms with Crippen LogP contribution in [0.1, 0.15) is 19.4 Å². The number of nitrogens with one attached hydrogen (secondary N) is 2. The third-order valence-electron chi connectivity index (χ3n) is 2.66. The summed E-state index contributed by atoms with van der Waals surface area (Å²) in [4.78, 5) is 3.07.